The van der Waals surface area contributed by atoms with Crippen LogP contribution in [-0.4, -0.2) is 4.57 Å². The fourth-order valence-corrected chi connectivity index (χ4v) is 0.818. The molecule has 0 unspecified atom stereocenters. The molecular weight excluding hydrogens is 110 g/mol. The topological polar surface area (TPSA) is 4.93 Å². The summed E-state index contributed by atoms with van der Waals surface area (Å²) in [5.41, 5.74) is 1.25. The Bertz CT molecular complexity index is 208. The molecule has 0 amide bonds. The molecule has 0 aliphatic rings. The van der Waals surface area contributed by atoms with Gasteiger partial charge in [-0.3, -0.25) is 0 Å². The third-order valence-corrected chi connectivity index (χ3v) is 1.32. The molecule has 1 nitrogen and oxygen atoms in total. The van der Waals surface area contributed by atoms with Crippen molar-refractivity contribution in [1.82, 2.24) is 4.57 Å². The average Bonchev–Trinajstić information content (AvgIpc) is 2.18. The van der Waals surface area contributed by atoms with E-state index in [0.717, 1.165) is 0 Å². The molecule has 1 aromatic heterocycles. The van der Waals surface area contributed by atoms with Crippen molar-refractivity contribution in [2.75, 3.05) is 0 Å². The van der Waals surface area contributed by atoms with Crippen LogP contribution in [0.1, 0.15) is 12.6 Å². The summed E-state index contributed by atoms with van der Waals surface area (Å²) >= 11 is 0. The van der Waals surface area contributed by atoms with Gasteiger partial charge in [-0.1, -0.05) is 6.08 Å². The highest BCUT2D eigenvalue weighted by Crippen LogP contribution is 2.00. The first-order valence-corrected chi connectivity index (χ1v) is 3.08. The minimum Gasteiger partial charge on any atom is -0.351 e. The van der Waals surface area contributed by atoms with Gasteiger partial charge in [0.05, 0.1) is 0 Å². The fraction of sp³-hybridized carbons (Fsp3) is 0.250. The van der Waals surface area contributed by atoms with Crippen LogP contribution in [0.2, 0.25) is 0 Å². The van der Waals surface area contributed by atoms with Gasteiger partial charge in [-0.2, -0.15) is 0 Å². The molecule has 1 aromatic rings. The van der Waals surface area contributed by atoms with Crippen molar-refractivity contribution in [3.05, 3.63) is 30.1 Å². The van der Waals surface area contributed by atoms with E-state index in [-0.39, 0.29) is 0 Å². The van der Waals surface area contributed by atoms with Crippen LogP contribution in [-0.2, 0) is 7.05 Å². The minimum absolute atomic E-state index is 1.25. The number of hydrogen-bond donors (Lipinski definition) is 0. The molecule has 0 spiro atoms. The van der Waals surface area contributed by atoms with E-state index in [1.807, 2.05) is 32.3 Å². The zero-order valence-electron chi connectivity index (χ0n) is 5.83. The van der Waals surface area contributed by atoms with Gasteiger partial charge >= 0.3 is 0 Å². The molecule has 0 fully saturated rings. The van der Waals surface area contributed by atoms with E-state index in [1.165, 1.54) is 5.69 Å². The van der Waals surface area contributed by atoms with Gasteiger partial charge in [-0.15, -0.1) is 0 Å². The van der Waals surface area contributed by atoms with Crippen molar-refractivity contribution in [2.45, 2.75) is 6.92 Å². The maximum Gasteiger partial charge on any atom is 0.0400 e. The van der Waals surface area contributed by atoms with Crippen LogP contribution < -0.4 is 0 Å². The molecule has 0 saturated carbocycles. The summed E-state index contributed by atoms with van der Waals surface area (Å²) in [6, 6.07) is 4.12. The summed E-state index contributed by atoms with van der Waals surface area (Å²) in [6.45, 7) is 2.02. The van der Waals surface area contributed by atoms with Gasteiger partial charge in [0.25, 0.3) is 0 Å². The smallest absolute Gasteiger partial charge is 0.0400 e. The Hall–Kier alpha value is -0.980. The SMILES string of the molecule is CC=Cc1cccn1C. The third kappa shape index (κ3) is 1.22. The number of rotatable bonds is 1. The fourth-order valence-electron chi connectivity index (χ4n) is 0.818. The van der Waals surface area contributed by atoms with E-state index < -0.39 is 0 Å². The number of hydrogen-bond acceptors (Lipinski definition) is 0. The molecule has 0 aliphatic carbocycles. The van der Waals surface area contributed by atoms with E-state index in [9.17, 15) is 0 Å². The lowest BCUT2D eigenvalue weighted by Crippen LogP contribution is -1.85. The predicted octanol–water partition coefficient (Wildman–Crippen LogP) is 2.06. The summed E-state index contributed by atoms with van der Waals surface area (Å²) in [5, 5.41) is 0. The Labute approximate surface area is 55.6 Å². The molecule has 1 heterocycles. The Morgan fingerprint density at radius 1 is 1.56 bits per heavy atom. The lowest BCUT2D eigenvalue weighted by molar-refractivity contribution is 0.915. The quantitative estimate of drug-likeness (QED) is 0.536. The van der Waals surface area contributed by atoms with Crippen LogP contribution in [0.5, 0.6) is 0 Å². The predicted molar refractivity (Wildman–Crippen MR) is 40.1 cm³/mol. The van der Waals surface area contributed by atoms with Gasteiger partial charge in [0.15, 0.2) is 0 Å². The second kappa shape index (κ2) is 2.53. The molecule has 1 rings (SSSR count). The second-order valence-electron chi connectivity index (χ2n) is 2.04. The molecule has 0 N–H and O–H groups in total. The Morgan fingerprint density at radius 3 is 2.78 bits per heavy atom. The van der Waals surface area contributed by atoms with Crippen molar-refractivity contribution in [3.8, 4) is 0 Å². The Morgan fingerprint density at radius 2 is 2.33 bits per heavy atom. The number of allylic oxidation sites excluding steroid dienone is 1. The summed E-state index contributed by atoms with van der Waals surface area (Å²) < 4.78 is 2.08. The van der Waals surface area contributed by atoms with Crippen LogP contribution in [0.4, 0.5) is 0 Å². The van der Waals surface area contributed by atoms with E-state index in [2.05, 4.69) is 16.7 Å². The van der Waals surface area contributed by atoms with Crippen molar-refractivity contribution >= 4 is 6.08 Å². The molecule has 48 valence electrons. The summed E-state index contributed by atoms with van der Waals surface area (Å²) in [7, 11) is 2.04. The van der Waals surface area contributed by atoms with Gasteiger partial charge in [0.2, 0.25) is 0 Å². The standard InChI is InChI=1S/C8H11N/c1-3-5-8-6-4-7-9(8)2/h3-7H,1-2H3. The number of nitrogens with zero attached hydrogens (tertiary/aromatic N) is 1. The zero-order chi connectivity index (χ0) is 6.69. The first kappa shape index (κ1) is 6.14. The normalized spacial score (nSPS) is 10.9. The van der Waals surface area contributed by atoms with Gasteiger partial charge in [0.1, 0.15) is 0 Å². The minimum atomic E-state index is 1.25. The molecule has 9 heavy (non-hydrogen) atoms. The largest absolute Gasteiger partial charge is 0.351 e. The second-order valence-corrected chi connectivity index (χ2v) is 2.04. The molecular formula is C8H11N. The molecule has 1 heteroatoms. The van der Waals surface area contributed by atoms with Crippen LogP contribution in [0.3, 0.4) is 0 Å². The zero-order valence-corrected chi connectivity index (χ0v) is 5.83. The van der Waals surface area contributed by atoms with Gasteiger partial charge < -0.3 is 4.57 Å². The van der Waals surface area contributed by atoms with Gasteiger partial charge in [0, 0.05) is 18.9 Å². The van der Waals surface area contributed by atoms with E-state index in [4.69, 9.17) is 0 Å². The highest BCUT2D eigenvalue weighted by molar-refractivity contribution is 5.44. The molecule has 0 saturated heterocycles. The molecule has 0 aromatic carbocycles. The van der Waals surface area contributed by atoms with Crippen LogP contribution in [0.25, 0.3) is 6.08 Å². The summed E-state index contributed by atoms with van der Waals surface area (Å²) in [6.07, 6.45) is 6.16. The highest BCUT2D eigenvalue weighted by atomic mass is 14.9. The first-order chi connectivity index (χ1) is 4.34. The van der Waals surface area contributed by atoms with Crippen LogP contribution in [0, 0.1) is 0 Å². The highest BCUT2D eigenvalue weighted by Gasteiger charge is 1.86. The third-order valence-electron chi connectivity index (χ3n) is 1.32. The molecule has 0 atom stereocenters. The molecule has 0 bridgehead atoms. The first-order valence-electron chi connectivity index (χ1n) is 3.08. The molecule has 0 aliphatic heterocycles. The van der Waals surface area contributed by atoms with Crippen LogP contribution in [0.15, 0.2) is 24.4 Å². The Balaban J connectivity index is 2.94. The van der Waals surface area contributed by atoms with Crippen molar-refractivity contribution in [2.24, 2.45) is 7.05 Å². The number of aromatic nitrogens is 1. The average molecular weight is 121 g/mol. The Kier molecular flexibility index (Phi) is 1.73. The maximum atomic E-state index is 2.08. The lowest BCUT2D eigenvalue weighted by Gasteiger charge is -1.92. The van der Waals surface area contributed by atoms with E-state index >= 15 is 0 Å². The van der Waals surface area contributed by atoms with Gasteiger partial charge in [-0.25, -0.2) is 0 Å². The number of aryl methyl sites for hydroxylation is 1. The maximum absolute atomic E-state index is 2.08. The van der Waals surface area contributed by atoms with Crippen molar-refractivity contribution in [3.63, 3.8) is 0 Å². The van der Waals surface area contributed by atoms with Gasteiger partial charge in [-0.05, 0) is 25.1 Å². The lowest BCUT2D eigenvalue weighted by atomic mass is 10.4. The van der Waals surface area contributed by atoms with E-state index in [1.54, 1.807) is 0 Å². The monoisotopic (exact) mass is 121 g/mol. The summed E-state index contributed by atoms with van der Waals surface area (Å²) in [5.74, 6) is 0. The summed E-state index contributed by atoms with van der Waals surface area (Å²) in [4.78, 5) is 0. The molecule has 0 radical (unpaired) electrons. The van der Waals surface area contributed by atoms with Crippen molar-refractivity contribution < 1.29 is 0 Å². The van der Waals surface area contributed by atoms with E-state index in [0.29, 0.717) is 0 Å². The van der Waals surface area contributed by atoms with Crippen LogP contribution >= 0.6 is 0 Å². The van der Waals surface area contributed by atoms with Crippen molar-refractivity contribution in [1.29, 1.82) is 0 Å².